The molecule has 1 atom stereocenters. The van der Waals surface area contributed by atoms with Gasteiger partial charge < -0.3 is 10.6 Å². The molecule has 1 fully saturated rings. The van der Waals surface area contributed by atoms with Crippen LogP contribution in [0.1, 0.15) is 19.3 Å². The highest BCUT2D eigenvalue weighted by Crippen LogP contribution is 2.24. The molecule has 0 saturated carbocycles. The predicted octanol–water partition coefficient (Wildman–Crippen LogP) is 1.76. The lowest BCUT2D eigenvalue weighted by atomic mass is 9.95. The fourth-order valence-electron chi connectivity index (χ4n) is 2.36. The van der Waals surface area contributed by atoms with Crippen molar-refractivity contribution in [3.63, 3.8) is 0 Å². The normalized spacial score (nSPS) is 20.6. The molecule has 2 N–H and O–H groups in total. The van der Waals surface area contributed by atoms with Gasteiger partial charge in [-0.2, -0.15) is 0 Å². The lowest BCUT2D eigenvalue weighted by Crippen LogP contribution is -2.36. The average molecular weight is 252 g/mol. The van der Waals surface area contributed by atoms with Crippen molar-refractivity contribution in [1.82, 2.24) is 9.97 Å². The molecule has 1 aromatic rings. The second kappa shape index (κ2) is 6.21. The van der Waals surface area contributed by atoms with E-state index in [-0.39, 0.29) is 0 Å². The first kappa shape index (κ1) is 12.6. The van der Waals surface area contributed by atoms with Crippen molar-refractivity contribution in [2.45, 2.75) is 24.3 Å². The second-order valence-corrected chi connectivity index (χ2v) is 5.28. The molecule has 5 heteroatoms. The number of rotatable bonds is 4. The van der Waals surface area contributed by atoms with E-state index in [1.807, 2.05) is 6.26 Å². The molecule has 0 radical (unpaired) electrons. The van der Waals surface area contributed by atoms with E-state index in [2.05, 4.69) is 20.9 Å². The van der Waals surface area contributed by atoms with Gasteiger partial charge in [-0.05, 0) is 38.0 Å². The Morgan fingerprint density at radius 2 is 2.41 bits per heavy atom. The number of hydrogen-bond acceptors (Lipinski definition) is 5. The highest BCUT2D eigenvalue weighted by molar-refractivity contribution is 7.98. The summed E-state index contributed by atoms with van der Waals surface area (Å²) in [5.74, 6) is 1.78. The molecule has 2 heterocycles. The molecule has 1 aromatic heterocycles. The van der Waals surface area contributed by atoms with Crippen molar-refractivity contribution in [2.24, 2.45) is 11.7 Å². The van der Waals surface area contributed by atoms with Gasteiger partial charge >= 0.3 is 0 Å². The SMILES string of the molecule is CSc1cc(N2CCCC(CCN)C2)ncn1. The minimum Gasteiger partial charge on any atom is -0.356 e. The van der Waals surface area contributed by atoms with E-state index in [4.69, 9.17) is 5.73 Å². The maximum atomic E-state index is 5.64. The minimum atomic E-state index is 0.724. The summed E-state index contributed by atoms with van der Waals surface area (Å²) in [6, 6.07) is 2.08. The Hall–Kier alpha value is -0.810. The van der Waals surface area contributed by atoms with E-state index >= 15 is 0 Å². The van der Waals surface area contributed by atoms with Crippen LogP contribution in [-0.4, -0.2) is 35.9 Å². The number of nitrogens with two attached hydrogens (primary N) is 1. The number of hydrogen-bond donors (Lipinski definition) is 1. The van der Waals surface area contributed by atoms with Gasteiger partial charge in [0.05, 0.1) is 0 Å². The molecular weight excluding hydrogens is 232 g/mol. The Bertz CT molecular complexity index is 356. The van der Waals surface area contributed by atoms with Crippen LogP contribution in [0.5, 0.6) is 0 Å². The van der Waals surface area contributed by atoms with Crippen molar-refractivity contribution in [1.29, 1.82) is 0 Å². The molecule has 0 amide bonds. The van der Waals surface area contributed by atoms with Crippen molar-refractivity contribution >= 4 is 17.6 Å². The highest BCUT2D eigenvalue weighted by Gasteiger charge is 2.20. The minimum absolute atomic E-state index is 0.724. The topological polar surface area (TPSA) is 55.0 Å². The van der Waals surface area contributed by atoms with Gasteiger partial charge in [0.1, 0.15) is 17.2 Å². The summed E-state index contributed by atoms with van der Waals surface area (Å²) in [6.45, 7) is 2.98. The number of nitrogens with zero attached hydrogens (tertiary/aromatic N) is 3. The third kappa shape index (κ3) is 3.33. The van der Waals surface area contributed by atoms with Crippen LogP contribution in [-0.2, 0) is 0 Å². The summed E-state index contributed by atoms with van der Waals surface area (Å²) in [7, 11) is 0. The molecule has 0 spiro atoms. The van der Waals surface area contributed by atoms with E-state index in [9.17, 15) is 0 Å². The van der Waals surface area contributed by atoms with Crippen LogP contribution in [0.2, 0.25) is 0 Å². The Morgan fingerprint density at radius 3 is 3.18 bits per heavy atom. The lowest BCUT2D eigenvalue weighted by Gasteiger charge is -2.33. The van der Waals surface area contributed by atoms with Crippen molar-refractivity contribution in [3.05, 3.63) is 12.4 Å². The maximum absolute atomic E-state index is 5.64. The van der Waals surface area contributed by atoms with E-state index in [0.717, 1.165) is 42.8 Å². The van der Waals surface area contributed by atoms with Crippen molar-refractivity contribution in [3.8, 4) is 0 Å². The molecule has 1 unspecified atom stereocenters. The van der Waals surface area contributed by atoms with Crippen molar-refractivity contribution < 1.29 is 0 Å². The molecular formula is C12H20N4S. The van der Waals surface area contributed by atoms with Gasteiger partial charge in [-0.15, -0.1) is 11.8 Å². The smallest absolute Gasteiger partial charge is 0.133 e. The summed E-state index contributed by atoms with van der Waals surface area (Å²) < 4.78 is 0. The van der Waals surface area contributed by atoms with Crippen LogP contribution in [0.15, 0.2) is 17.4 Å². The average Bonchev–Trinajstić information content (AvgIpc) is 2.40. The van der Waals surface area contributed by atoms with Crippen LogP contribution in [0, 0.1) is 5.92 Å². The fraction of sp³-hybridized carbons (Fsp3) is 0.667. The van der Waals surface area contributed by atoms with Crippen LogP contribution >= 0.6 is 11.8 Å². The summed E-state index contributed by atoms with van der Waals surface area (Å²) >= 11 is 1.66. The first-order valence-corrected chi connectivity index (χ1v) is 7.37. The van der Waals surface area contributed by atoms with Gasteiger partial charge in [0.15, 0.2) is 0 Å². The molecule has 0 aliphatic carbocycles. The Balaban J connectivity index is 2.05. The van der Waals surface area contributed by atoms with Crippen LogP contribution < -0.4 is 10.6 Å². The van der Waals surface area contributed by atoms with E-state index in [1.165, 1.54) is 12.8 Å². The lowest BCUT2D eigenvalue weighted by molar-refractivity contribution is 0.394. The number of piperidine rings is 1. The Morgan fingerprint density at radius 1 is 1.53 bits per heavy atom. The molecule has 1 saturated heterocycles. The molecule has 4 nitrogen and oxygen atoms in total. The van der Waals surface area contributed by atoms with Crippen LogP contribution in [0.3, 0.4) is 0 Å². The Labute approximate surface area is 107 Å². The molecule has 17 heavy (non-hydrogen) atoms. The van der Waals surface area contributed by atoms with Crippen molar-refractivity contribution in [2.75, 3.05) is 30.8 Å². The molecule has 1 aliphatic heterocycles. The standard InChI is InChI=1S/C12H20N4S/c1-17-12-7-11(14-9-15-12)16-6-2-3-10(8-16)4-5-13/h7,9-10H,2-6,8,13H2,1H3. The highest BCUT2D eigenvalue weighted by atomic mass is 32.2. The first-order valence-electron chi connectivity index (χ1n) is 6.14. The number of anilines is 1. The number of thioether (sulfide) groups is 1. The van der Waals surface area contributed by atoms with Crippen LogP contribution in [0.25, 0.3) is 0 Å². The summed E-state index contributed by atoms with van der Waals surface area (Å²) in [6.07, 6.45) is 7.36. The summed E-state index contributed by atoms with van der Waals surface area (Å²) in [5.41, 5.74) is 5.64. The third-order valence-corrected chi connectivity index (χ3v) is 3.90. The first-order chi connectivity index (χ1) is 8.33. The Kier molecular flexibility index (Phi) is 4.62. The second-order valence-electron chi connectivity index (χ2n) is 4.45. The quantitative estimate of drug-likeness (QED) is 0.654. The zero-order chi connectivity index (χ0) is 12.1. The van der Waals surface area contributed by atoms with E-state index in [1.54, 1.807) is 18.1 Å². The zero-order valence-electron chi connectivity index (χ0n) is 10.3. The largest absolute Gasteiger partial charge is 0.356 e. The van der Waals surface area contributed by atoms with Gasteiger partial charge in [0.25, 0.3) is 0 Å². The molecule has 94 valence electrons. The van der Waals surface area contributed by atoms with Gasteiger partial charge in [-0.25, -0.2) is 9.97 Å². The predicted molar refractivity (Wildman–Crippen MR) is 72.4 cm³/mol. The summed E-state index contributed by atoms with van der Waals surface area (Å²) in [5, 5.41) is 1.04. The van der Waals surface area contributed by atoms with Gasteiger partial charge in [0.2, 0.25) is 0 Å². The third-order valence-electron chi connectivity index (χ3n) is 3.25. The van der Waals surface area contributed by atoms with Gasteiger partial charge in [-0.3, -0.25) is 0 Å². The fourth-order valence-corrected chi connectivity index (χ4v) is 2.73. The molecule has 0 bridgehead atoms. The molecule has 0 aromatic carbocycles. The van der Waals surface area contributed by atoms with Gasteiger partial charge in [0, 0.05) is 19.2 Å². The van der Waals surface area contributed by atoms with Gasteiger partial charge in [-0.1, -0.05) is 0 Å². The monoisotopic (exact) mass is 252 g/mol. The van der Waals surface area contributed by atoms with Crippen LogP contribution in [0.4, 0.5) is 5.82 Å². The van der Waals surface area contributed by atoms with E-state index in [0.29, 0.717) is 0 Å². The number of aromatic nitrogens is 2. The molecule has 1 aliphatic rings. The molecule has 2 rings (SSSR count). The maximum Gasteiger partial charge on any atom is 0.133 e. The zero-order valence-corrected chi connectivity index (χ0v) is 11.1. The van der Waals surface area contributed by atoms with E-state index < -0.39 is 0 Å². The summed E-state index contributed by atoms with van der Waals surface area (Å²) in [4.78, 5) is 11.0.